The molecule has 8 nitrogen and oxygen atoms in total. The second-order valence-corrected chi connectivity index (χ2v) is 9.80. The van der Waals surface area contributed by atoms with E-state index >= 15 is 0 Å². The second kappa shape index (κ2) is 11.5. The maximum atomic E-state index is 13.7. The highest BCUT2D eigenvalue weighted by Crippen LogP contribution is 2.44. The van der Waals surface area contributed by atoms with Crippen molar-refractivity contribution >= 4 is 23.6 Å². The summed E-state index contributed by atoms with van der Waals surface area (Å²) in [6, 6.07) is 20.7. The molecule has 4 rings (SSSR count). The van der Waals surface area contributed by atoms with Crippen LogP contribution in [0, 0.1) is 5.92 Å². The smallest absolute Gasteiger partial charge is 0.407 e. The molecule has 8 heteroatoms. The van der Waals surface area contributed by atoms with Gasteiger partial charge in [-0.2, -0.15) is 0 Å². The van der Waals surface area contributed by atoms with Crippen molar-refractivity contribution < 1.29 is 24.2 Å². The van der Waals surface area contributed by atoms with Gasteiger partial charge in [-0.25, -0.2) is 4.79 Å². The molecule has 0 saturated carbocycles. The lowest BCUT2D eigenvalue weighted by Gasteiger charge is -2.32. The average molecular weight is 516 g/mol. The summed E-state index contributed by atoms with van der Waals surface area (Å²) in [6.45, 7) is 5.09. The minimum atomic E-state index is -0.968. The van der Waals surface area contributed by atoms with Crippen molar-refractivity contribution in [2.45, 2.75) is 45.4 Å². The largest absolute Gasteiger partial charge is 0.449 e. The lowest BCUT2D eigenvalue weighted by Crippen LogP contribution is -2.56. The first-order chi connectivity index (χ1) is 18.2. The highest BCUT2D eigenvalue weighted by Gasteiger charge is 2.35. The molecule has 3 amide bonds. The first-order valence-corrected chi connectivity index (χ1v) is 12.7. The summed E-state index contributed by atoms with van der Waals surface area (Å²) in [7, 11) is 0. The number of rotatable bonds is 9. The van der Waals surface area contributed by atoms with E-state index in [1.54, 1.807) is 38.1 Å². The van der Waals surface area contributed by atoms with E-state index in [-0.39, 0.29) is 25.0 Å². The second-order valence-electron chi connectivity index (χ2n) is 9.80. The standard InChI is InChI=1S/C30H33N3O5/c1-18(2)27(29(36)33(19(3)28(31)35)21-14-12-20(16-34)13-15-21)32-30(37)38-17-26-24-10-6-4-8-22(24)23-9-5-7-11-25(23)26/h4-15,18-19,26-27,34H,16-17H2,1-3H3,(H2,31,35)(H,32,37)/t19-,27-/m0/s1. The van der Waals surface area contributed by atoms with E-state index in [9.17, 15) is 19.5 Å². The number of benzene rings is 3. The molecule has 0 unspecified atom stereocenters. The van der Waals surface area contributed by atoms with Crippen molar-refractivity contribution in [3.05, 3.63) is 89.5 Å². The number of aliphatic hydroxyl groups excluding tert-OH is 1. The fourth-order valence-electron chi connectivity index (χ4n) is 4.86. The summed E-state index contributed by atoms with van der Waals surface area (Å²) in [4.78, 5) is 40.0. The van der Waals surface area contributed by atoms with Gasteiger partial charge in [0.25, 0.3) is 5.91 Å². The summed E-state index contributed by atoms with van der Waals surface area (Å²) in [6.07, 6.45) is -0.721. The van der Waals surface area contributed by atoms with E-state index in [0.29, 0.717) is 11.3 Å². The Morgan fingerprint density at radius 2 is 1.47 bits per heavy atom. The number of nitrogens with one attached hydrogen (secondary N) is 1. The number of ether oxygens (including phenoxy) is 1. The third kappa shape index (κ3) is 5.40. The SMILES string of the molecule is CC(C)[C@H](NC(=O)OCC1c2ccccc2-c2ccccc21)C(=O)N(c1ccc(CO)cc1)[C@@H](C)C(N)=O. The molecule has 0 radical (unpaired) electrons. The number of aliphatic hydroxyl groups is 1. The molecule has 198 valence electrons. The molecule has 4 N–H and O–H groups in total. The number of fused-ring (bicyclic) bond motifs is 3. The summed E-state index contributed by atoms with van der Waals surface area (Å²) < 4.78 is 5.65. The summed E-state index contributed by atoms with van der Waals surface area (Å²) in [5.41, 5.74) is 11.1. The third-order valence-electron chi connectivity index (χ3n) is 6.98. The molecule has 0 spiro atoms. The molecule has 2 atom stereocenters. The van der Waals surface area contributed by atoms with Crippen molar-refractivity contribution in [2.75, 3.05) is 11.5 Å². The number of nitrogens with zero attached hydrogens (tertiary/aromatic N) is 1. The predicted molar refractivity (Wildman–Crippen MR) is 145 cm³/mol. The van der Waals surface area contributed by atoms with Crippen LogP contribution in [0.4, 0.5) is 10.5 Å². The van der Waals surface area contributed by atoms with Crippen LogP contribution in [0.25, 0.3) is 11.1 Å². The van der Waals surface area contributed by atoms with E-state index in [1.165, 1.54) is 11.8 Å². The minimum absolute atomic E-state index is 0.113. The van der Waals surface area contributed by atoms with Crippen LogP contribution < -0.4 is 16.0 Å². The minimum Gasteiger partial charge on any atom is -0.449 e. The molecule has 0 aliphatic heterocycles. The number of hydrogen-bond acceptors (Lipinski definition) is 5. The number of carbonyl (C=O) groups is 3. The van der Waals surface area contributed by atoms with Gasteiger partial charge in [0.1, 0.15) is 18.7 Å². The number of primary amides is 1. The fraction of sp³-hybridized carbons (Fsp3) is 0.300. The van der Waals surface area contributed by atoms with Gasteiger partial charge in [0.15, 0.2) is 0 Å². The fourth-order valence-corrected chi connectivity index (χ4v) is 4.86. The van der Waals surface area contributed by atoms with Gasteiger partial charge >= 0.3 is 6.09 Å². The van der Waals surface area contributed by atoms with E-state index in [0.717, 1.165) is 22.3 Å². The Morgan fingerprint density at radius 3 is 1.97 bits per heavy atom. The average Bonchev–Trinajstić information content (AvgIpc) is 3.24. The molecule has 0 bridgehead atoms. The van der Waals surface area contributed by atoms with Crippen LogP contribution in [0.15, 0.2) is 72.8 Å². The van der Waals surface area contributed by atoms with Gasteiger partial charge in [0.2, 0.25) is 5.91 Å². The number of alkyl carbamates (subject to hydrolysis) is 1. The topological polar surface area (TPSA) is 122 Å². The Hall–Kier alpha value is -4.17. The zero-order valence-corrected chi connectivity index (χ0v) is 21.8. The molecule has 0 aromatic heterocycles. The molecule has 0 fully saturated rings. The van der Waals surface area contributed by atoms with Crippen molar-refractivity contribution in [2.24, 2.45) is 11.7 Å². The molecular formula is C30H33N3O5. The normalized spacial score (nSPS) is 13.8. The summed E-state index contributed by atoms with van der Waals surface area (Å²) in [5.74, 6) is -1.59. The van der Waals surface area contributed by atoms with E-state index in [4.69, 9.17) is 10.5 Å². The van der Waals surface area contributed by atoms with Gasteiger partial charge in [-0.15, -0.1) is 0 Å². The van der Waals surface area contributed by atoms with Crippen molar-refractivity contribution in [1.29, 1.82) is 0 Å². The summed E-state index contributed by atoms with van der Waals surface area (Å²) in [5, 5.41) is 12.1. The molecule has 0 saturated heterocycles. The van der Waals surface area contributed by atoms with Crippen LogP contribution in [0.1, 0.15) is 43.4 Å². The summed E-state index contributed by atoms with van der Waals surface area (Å²) >= 11 is 0. The van der Waals surface area contributed by atoms with E-state index in [1.807, 2.05) is 36.4 Å². The molecule has 3 aromatic carbocycles. The van der Waals surface area contributed by atoms with Crippen molar-refractivity contribution in [1.82, 2.24) is 5.32 Å². The maximum absolute atomic E-state index is 13.7. The van der Waals surface area contributed by atoms with Gasteiger partial charge in [-0.05, 0) is 52.8 Å². The zero-order chi connectivity index (χ0) is 27.4. The van der Waals surface area contributed by atoms with Gasteiger partial charge in [-0.1, -0.05) is 74.5 Å². The molecular weight excluding hydrogens is 482 g/mol. The number of nitrogens with two attached hydrogens (primary N) is 1. The molecule has 3 aromatic rings. The molecule has 1 aliphatic carbocycles. The zero-order valence-electron chi connectivity index (χ0n) is 21.8. The number of hydrogen-bond donors (Lipinski definition) is 3. The lowest BCUT2D eigenvalue weighted by atomic mass is 9.98. The number of anilines is 1. The van der Waals surface area contributed by atoms with Crippen LogP contribution in [0.5, 0.6) is 0 Å². The van der Waals surface area contributed by atoms with E-state index in [2.05, 4.69) is 17.4 Å². The number of carbonyl (C=O) groups excluding carboxylic acids is 3. The van der Waals surface area contributed by atoms with Gasteiger partial charge in [-0.3, -0.25) is 14.5 Å². The maximum Gasteiger partial charge on any atom is 0.407 e. The van der Waals surface area contributed by atoms with Crippen molar-refractivity contribution in [3.8, 4) is 11.1 Å². The van der Waals surface area contributed by atoms with Crippen LogP contribution in [-0.2, 0) is 20.9 Å². The van der Waals surface area contributed by atoms with Gasteiger partial charge in [0.05, 0.1) is 6.61 Å². The first-order valence-electron chi connectivity index (χ1n) is 12.7. The van der Waals surface area contributed by atoms with Crippen LogP contribution in [0.2, 0.25) is 0 Å². The molecule has 0 heterocycles. The van der Waals surface area contributed by atoms with E-state index < -0.39 is 30.0 Å². The Morgan fingerprint density at radius 1 is 0.921 bits per heavy atom. The Bertz CT molecular complexity index is 1280. The van der Waals surface area contributed by atoms with Gasteiger partial charge < -0.3 is 20.9 Å². The molecule has 38 heavy (non-hydrogen) atoms. The lowest BCUT2D eigenvalue weighted by molar-refractivity contribution is -0.126. The van der Waals surface area contributed by atoms with Crippen LogP contribution in [0.3, 0.4) is 0 Å². The first kappa shape index (κ1) is 26.9. The Kier molecular flexibility index (Phi) is 8.12. The van der Waals surface area contributed by atoms with Crippen molar-refractivity contribution in [3.63, 3.8) is 0 Å². The number of amides is 3. The molecule has 1 aliphatic rings. The quantitative estimate of drug-likeness (QED) is 0.398. The predicted octanol–water partition coefficient (Wildman–Crippen LogP) is 3.95. The highest BCUT2D eigenvalue weighted by molar-refractivity contribution is 6.03. The van der Waals surface area contributed by atoms with Crippen LogP contribution >= 0.6 is 0 Å². The Balaban J connectivity index is 1.51. The highest BCUT2D eigenvalue weighted by atomic mass is 16.5. The Labute approximate surface area is 222 Å². The van der Waals surface area contributed by atoms with Crippen LogP contribution in [-0.4, -0.2) is 41.7 Å². The van der Waals surface area contributed by atoms with Gasteiger partial charge in [0, 0.05) is 11.6 Å². The third-order valence-corrected chi connectivity index (χ3v) is 6.98. The monoisotopic (exact) mass is 515 g/mol.